The average molecular weight is 250 g/mol. The molecule has 0 aliphatic rings. The Morgan fingerprint density at radius 3 is 2.72 bits per heavy atom. The molecule has 100 valence electrons. The van der Waals surface area contributed by atoms with Crippen LogP contribution in [0.25, 0.3) is 0 Å². The monoisotopic (exact) mass is 250 g/mol. The molecule has 1 aromatic rings. The van der Waals surface area contributed by atoms with Gasteiger partial charge in [0, 0.05) is 20.2 Å². The van der Waals surface area contributed by atoms with E-state index in [0.29, 0.717) is 13.2 Å². The maximum Gasteiger partial charge on any atom is 0.231 e. The number of methoxy groups -OCH3 is 1. The summed E-state index contributed by atoms with van der Waals surface area (Å²) in [5.74, 6) is -0.309. The van der Waals surface area contributed by atoms with Crippen LogP contribution in [-0.4, -0.2) is 37.6 Å². The predicted octanol–water partition coefficient (Wildman–Crippen LogP) is 1.24. The molecule has 18 heavy (non-hydrogen) atoms. The number of carbonyl (C=O) groups is 1. The summed E-state index contributed by atoms with van der Waals surface area (Å²) < 4.78 is 5.05. The van der Waals surface area contributed by atoms with Crippen molar-refractivity contribution < 1.29 is 9.53 Å². The van der Waals surface area contributed by atoms with Gasteiger partial charge in [-0.2, -0.15) is 0 Å². The van der Waals surface area contributed by atoms with E-state index >= 15 is 0 Å². The zero-order valence-electron chi connectivity index (χ0n) is 11.4. The number of primary amides is 1. The molecule has 0 aliphatic carbocycles. The largest absolute Gasteiger partial charge is 0.383 e. The van der Waals surface area contributed by atoms with Gasteiger partial charge in [-0.15, -0.1) is 0 Å². The van der Waals surface area contributed by atoms with Crippen molar-refractivity contribution in [3.05, 3.63) is 34.9 Å². The predicted molar refractivity (Wildman–Crippen MR) is 72.3 cm³/mol. The number of nitrogens with zero attached hydrogens (tertiary/aromatic N) is 1. The lowest BCUT2D eigenvalue weighted by molar-refractivity contribution is -0.119. The molecule has 0 spiro atoms. The molecule has 1 amide bonds. The SMILES string of the molecule is COCCN(CC(N)=O)Cc1cc(C)ccc1C. The Kier molecular flexibility index (Phi) is 5.82. The number of benzene rings is 1. The third kappa shape index (κ3) is 4.85. The molecular weight excluding hydrogens is 228 g/mol. The molecule has 0 radical (unpaired) electrons. The fourth-order valence-electron chi connectivity index (χ4n) is 1.87. The van der Waals surface area contributed by atoms with Crippen LogP contribution in [0.5, 0.6) is 0 Å². The fraction of sp³-hybridized carbons (Fsp3) is 0.500. The van der Waals surface area contributed by atoms with Crippen molar-refractivity contribution in [2.75, 3.05) is 26.8 Å². The first-order chi connectivity index (χ1) is 8.52. The van der Waals surface area contributed by atoms with Gasteiger partial charge in [-0.3, -0.25) is 9.69 Å². The Bertz CT molecular complexity index is 405. The summed E-state index contributed by atoms with van der Waals surface area (Å²) in [7, 11) is 1.65. The summed E-state index contributed by atoms with van der Waals surface area (Å²) in [5.41, 5.74) is 8.95. The lowest BCUT2D eigenvalue weighted by Crippen LogP contribution is -2.35. The van der Waals surface area contributed by atoms with Crippen molar-refractivity contribution in [3.63, 3.8) is 0 Å². The molecule has 0 aromatic heterocycles. The van der Waals surface area contributed by atoms with Gasteiger partial charge >= 0.3 is 0 Å². The lowest BCUT2D eigenvalue weighted by Gasteiger charge is -2.21. The van der Waals surface area contributed by atoms with E-state index in [4.69, 9.17) is 10.5 Å². The molecule has 1 aromatic carbocycles. The summed E-state index contributed by atoms with van der Waals surface area (Å²) in [6.45, 7) is 6.42. The third-order valence-corrected chi connectivity index (χ3v) is 2.89. The summed E-state index contributed by atoms with van der Waals surface area (Å²) in [6.07, 6.45) is 0. The highest BCUT2D eigenvalue weighted by molar-refractivity contribution is 5.75. The maximum absolute atomic E-state index is 11.1. The standard InChI is InChI=1S/C14H22N2O2/c1-11-4-5-12(2)13(8-11)9-16(6-7-18-3)10-14(15)17/h4-5,8H,6-7,9-10H2,1-3H3,(H2,15,17). The van der Waals surface area contributed by atoms with E-state index in [-0.39, 0.29) is 12.5 Å². The number of hydrogen-bond acceptors (Lipinski definition) is 3. The van der Waals surface area contributed by atoms with E-state index in [1.165, 1.54) is 16.7 Å². The number of amides is 1. The van der Waals surface area contributed by atoms with Crippen molar-refractivity contribution in [2.24, 2.45) is 5.73 Å². The molecule has 0 unspecified atom stereocenters. The van der Waals surface area contributed by atoms with Gasteiger partial charge < -0.3 is 10.5 Å². The van der Waals surface area contributed by atoms with Crippen molar-refractivity contribution >= 4 is 5.91 Å². The van der Waals surface area contributed by atoms with Crippen LogP contribution in [-0.2, 0) is 16.1 Å². The number of aryl methyl sites for hydroxylation is 2. The van der Waals surface area contributed by atoms with Crippen LogP contribution in [0, 0.1) is 13.8 Å². The van der Waals surface area contributed by atoms with E-state index in [1.807, 2.05) is 4.90 Å². The minimum atomic E-state index is -0.309. The zero-order chi connectivity index (χ0) is 13.5. The zero-order valence-corrected chi connectivity index (χ0v) is 11.4. The molecule has 4 nitrogen and oxygen atoms in total. The molecule has 0 aliphatic heterocycles. The van der Waals surface area contributed by atoms with Crippen molar-refractivity contribution in [1.29, 1.82) is 0 Å². The highest BCUT2D eigenvalue weighted by Gasteiger charge is 2.10. The molecule has 0 bridgehead atoms. The molecule has 0 heterocycles. The van der Waals surface area contributed by atoms with E-state index < -0.39 is 0 Å². The summed E-state index contributed by atoms with van der Waals surface area (Å²) in [5, 5.41) is 0. The minimum absolute atomic E-state index is 0.261. The molecule has 2 N–H and O–H groups in total. The molecule has 4 heteroatoms. The lowest BCUT2D eigenvalue weighted by atomic mass is 10.1. The van der Waals surface area contributed by atoms with Gasteiger partial charge in [0.05, 0.1) is 13.2 Å². The van der Waals surface area contributed by atoms with Crippen LogP contribution >= 0.6 is 0 Å². The molecular formula is C14H22N2O2. The first-order valence-electron chi connectivity index (χ1n) is 6.08. The van der Waals surface area contributed by atoms with Crippen LogP contribution < -0.4 is 5.73 Å². The molecule has 0 saturated carbocycles. The van der Waals surface area contributed by atoms with Crippen molar-refractivity contribution in [3.8, 4) is 0 Å². The Hall–Kier alpha value is -1.39. The first-order valence-corrected chi connectivity index (χ1v) is 6.08. The Morgan fingerprint density at radius 2 is 2.11 bits per heavy atom. The smallest absolute Gasteiger partial charge is 0.231 e. The summed E-state index contributed by atoms with van der Waals surface area (Å²) in [6, 6.07) is 6.34. The van der Waals surface area contributed by atoms with Crippen LogP contribution in [0.2, 0.25) is 0 Å². The second-order valence-corrected chi connectivity index (χ2v) is 4.60. The van der Waals surface area contributed by atoms with Gasteiger partial charge in [-0.25, -0.2) is 0 Å². The van der Waals surface area contributed by atoms with E-state index in [9.17, 15) is 4.79 Å². The normalized spacial score (nSPS) is 10.9. The fourth-order valence-corrected chi connectivity index (χ4v) is 1.87. The second-order valence-electron chi connectivity index (χ2n) is 4.60. The van der Waals surface area contributed by atoms with Crippen molar-refractivity contribution in [2.45, 2.75) is 20.4 Å². The van der Waals surface area contributed by atoms with Gasteiger partial charge in [0.25, 0.3) is 0 Å². The van der Waals surface area contributed by atoms with E-state index in [1.54, 1.807) is 7.11 Å². The van der Waals surface area contributed by atoms with E-state index in [0.717, 1.165) is 6.54 Å². The highest BCUT2D eigenvalue weighted by atomic mass is 16.5. The number of ether oxygens (including phenoxy) is 1. The molecule has 0 saturated heterocycles. The Balaban J connectivity index is 2.74. The topological polar surface area (TPSA) is 55.6 Å². The molecule has 0 atom stereocenters. The molecule has 1 rings (SSSR count). The quantitative estimate of drug-likeness (QED) is 0.792. The summed E-state index contributed by atoms with van der Waals surface area (Å²) in [4.78, 5) is 13.1. The van der Waals surface area contributed by atoms with Crippen LogP contribution in [0.4, 0.5) is 0 Å². The van der Waals surface area contributed by atoms with Gasteiger partial charge in [-0.05, 0) is 25.0 Å². The highest BCUT2D eigenvalue weighted by Crippen LogP contribution is 2.13. The Labute approximate surface area is 109 Å². The van der Waals surface area contributed by atoms with Crippen molar-refractivity contribution in [1.82, 2.24) is 4.90 Å². The van der Waals surface area contributed by atoms with E-state index in [2.05, 4.69) is 32.0 Å². The van der Waals surface area contributed by atoms with Gasteiger partial charge in [-0.1, -0.05) is 23.8 Å². The van der Waals surface area contributed by atoms with Gasteiger partial charge in [0.15, 0.2) is 0 Å². The third-order valence-electron chi connectivity index (χ3n) is 2.89. The number of nitrogens with two attached hydrogens (primary N) is 1. The first kappa shape index (κ1) is 14.7. The van der Waals surface area contributed by atoms with Gasteiger partial charge in [0.2, 0.25) is 5.91 Å². The van der Waals surface area contributed by atoms with Crippen LogP contribution in [0.15, 0.2) is 18.2 Å². The van der Waals surface area contributed by atoms with Gasteiger partial charge in [0.1, 0.15) is 0 Å². The average Bonchev–Trinajstić information content (AvgIpc) is 2.30. The van der Waals surface area contributed by atoms with Crippen LogP contribution in [0.1, 0.15) is 16.7 Å². The summed E-state index contributed by atoms with van der Waals surface area (Å²) >= 11 is 0. The maximum atomic E-state index is 11.1. The second kappa shape index (κ2) is 7.13. The number of hydrogen-bond donors (Lipinski definition) is 1. The molecule has 0 fully saturated rings. The number of rotatable bonds is 7. The van der Waals surface area contributed by atoms with Crippen LogP contribution in [0.3, 0.4) is 0 Å². The number of carbonyl (C=O) groups excluding carboxylic acids is 1. The minimum Gasteiger partial charge on any atom is -0.383 e. The Morgan fingerprint density at radius 1 is 1.39 bits per heavy atom.